The summed E-state index contributed by atoms with van der Waals surface area (Å²) in [5, 5.41) is 39.3. The van der Waals surface area contributed by atoms with E-state index in [1.807, 2.05) is 62.4 Å². The first-order valence-corrected chi connectivity index (χ1v) is 32.6. The monoisotopic (exact) mass is 1250 g/mol. The molecule has 0 heterocycles. The van der Waals surface area contributed by atoms with Crippen LogP contribution in [0, 0.1) is 93.9 Å². The van der Waals surface area contributed by atoms with Gasteiger partial charge in [0.15, 0.2) is 0 Å². The van der Waals surface area contributed by atoms with Crippen LogP contribution in [-0.4, -0.2) is 34.0 Å². The van der Waals surface area contributed by atoms with Gasteiger partial charge in [-0.1, -0.05) is 183 Å². The number of anilines is 1. The van der Waals surface area contributed by atoms with Crippen LogP contribution in [0.4, 0.5) is 22.7 Å². The van der Waals surface area contributed by atoms with Crippen LogP contribution in [0.15, 0.2) is 97.1 Å². The van der Waals surface area contributed by atoms with E-state index in [0.29, 0.717) is 34.0 Å². The first-order chi connectivity index (χ1) is 36.0. The fourth-order valence-electron chi connectivity index (χ4n) is 10.5. The number of fused-ring (bicyclic) bond motifs is 3. The van der Waals surface area contributed by atoms with Gasteiger partial charge in [-0.15, -0.1) is 17.1 Å². The maximum Gasteiger partial charge on any atom is 2.00 e. The third-order valence-corrected chi connectivity index (χ3v) is 22.2. The molecule has 7 nitrogen and oxygen atoms in total. The van der Waals surface area contributed by atoms with Crippen LogP contribution >= 0.6 is 24.2 Å². The largest absolute Gasteiger partial charge is 2.00 e. The van der Waals surface area contributed by atoms with Crippen molar-refractivity contribution in [3.05, 3.63) is 190 Å². The van der Waals surface area contributed by atoms with Crippen LogP contribution in [0.1, 0.15) is 167 Å². The van der Waals surface area contributed by atoms with Crippen LogP contribution in [0.3, 0.4) is 0 Å². The van der Waals surface area contributed by atoms with Crippen molar-refractivity contribution < 1.29 is 48.1 Å². The zero-order chi connectivity index (χ0) is 58.8. The van der Waals surface area contributed by atoms with Crippen LogP contribution in [0.2, 0.25) is 0 Å². The molecule has 79 heavy (non-hydrogen) atoms. The molecule has 2 N–H and O–H groups in total. The van der Waals surface area contributed by atoms with Gasteiger partial charge >= 0.3 is 43.0 Å². The number of nitrogen functional groups attached to an aromatic ring is 1. The molecule has 0 fully saturated rings. The molecular weight excluding hydrogens is 1150 g/mol. The van der Waals surface area contributed by atoms with Gasteiger partial charge in [-0.3, -0.25) is 0 Å². The summed E-state index contributed by atoms with van der Waals surface area (Å²) in [4.78, 5) is 0. The van der Waals surface area contributed by atoms with Crippen LogP contribution in [-0.2, 0) is 43.0 Å². The molecule has 0 aromatic heterocycles. The molecule has 429 valence electrons. The summed E-state index contributed by atoms with van der Waals surface area (Å²) in [5.41, 5.74) is 34.2. The Kier molecular flexibility index (Phi) is 34.7. The Hall–Kier alpha value is -3.42. The normalized spacial score (nSPS) is 11.2. The molecule has 0 saturated heterocycles. The molecule has 6 aromatic carbocycles. The summed E-state index contributed by atoms with van der Waals surface area (Å²) < 4.78 is 0. The average molecular weight is 1250 g/mol. The molecule has 7 rings (SSSR count). The minimum Gasteiger partial charge on any atom is -0.845 e. The quantitative estimate of drug-likeness (QED) is 0.0740. The van der Waals surface area contributed by atoms with E-state index in [1.165, 1.54) is 83.8 Å². The van der Waals surface area contributed by atoms with Crippen LogP contribution in [0.25, 0.3) is 26.4 Å². The van der Waals surface area contributed by atoms with Gasteiger partial charge in [0, 0.05) is 16.5 Å². The van der Waals surface area contributed by atoms with E-state index in [0.717, 1.165) is 27.9 Å². The van der Waals surface area contributed by atoms with E-state index in [-0.39, 0.29) is 43.0 Å². The van der Waals surface area contributed by atoms with Crippen molar-refractivity contribution >= 4 is 47.0 Å². The Labute approximate surface area is 515 Å². The molecule has 0 bridgehead atoms. The van der Waals surface area contributed by atoms with Gasteiger partial charge in [0.2, 0.25) is 0 Å². The molecule has 0 spiro atoms. The van der Waals surface area contributed by atoms with E-state index >= 15 is 0 Å². The van der Waals surface area contributed by atoms with Crippen LogP contribution in [0.5, 0.6) is 0 Å². The SMILES string of the molecule is Cc1cc(C)c(N)c(C)c1.Cc1cc(C)c([N-][PH+](C(C)C)C(C)C)c(C)c1.Cc1cc(C)c([N-][PH+](C(C)C)C(C)C)c(C)c1.Cc1cc(C)c([N-][PH+](C(C)C)C(C)C)c(C)c1.N#N.[Co+2].[O-]C1c2ccccc2-c2ccccc21.[Zr+2]. The third kappa shape index (κ3) is 23.0. The number of benzene rings is 6. The smallest absolute Gasteiger partial charge is 0.845 e. The van der Waals surface area contributed by atoms with Gasteiger partial charge in [-0.25, -0.2) is 0 Å². The number of hydrogen-bond acceptors (Lipinski definition) is 4. The average Bonchev–Trinajstić information content (AvgIpc) is 3.61. The van der Waals surface area contributed by atoms with Crippen LogP contribution < -0.4 is 10.8 Å². The van der Waals surface area contributed by atoms with Gasteiger partial charge in [-0.2, -0.15) is 0 Å². The fourth-order valence-corrected chi connectivity index (χ4v) is 17.9. The number of nitrogens with two attached hydrogens (primary N) is 1. The minimum absolute atomic E-state index is 0. The van der Waals surface area contributed by atoms with Gasteiger partial charge in [0.05, 0.1) is 34.0 Å². The van der Waals surface area contributed by atoms with Gasteiger partial charge in [0.1, 0.15) is 0 Å². The van der Waals surface area contributed by atoms with E-state index in [4.69, 9.17) is 31.8 Å². The first kappa shape index (κ1) is 75.6. The predicted octanol–water partition coefficient (Wildman–Crippen LogP) is 21.0. The zero-order valence-corrected chi connectivity index (χ0v) is 59.3. The molecule has 0 aliphatic heterocycles. The topological polar surface area (TPSA) is 139 Å². The van der Waals surface area contributed by atoms with Crippen molar-refractivity contribution in [2.24, 2.45) is 0 Å². The molecule has 1 aliphatic carbocycles. The predicted molar refractivity (Wildman–Crippen MR) is 349 cm³/mol. The van der Waals surface area contributed by atoms with Crippen molar-refractivity contribution in [2.75, 3.05) is 5.73 Å². The molecule has 1 aliphatic rings. The maximum absolute atomic E-state index is 12.0. The minimum atomic E-state index is -0.692. The fraction of sp³-hybridized carbons (Fsp3) is 0.463. The van der Waals surface area contributed by atoms with Crippen molar-refractivity contribution in [1.82, 2.24) is 0 Å². The van der Waals surface area contributed by atoms with Gasteiger partial charge < -0.3 is 26.1 Å². The standard InChI is InChI=1S/3C15H26NP.C13H9O.C9H13N.Co.N2.Zr/c3*1-10(2)17(11(3)4)16-15-13(6)8-12(5)9-14(15)7;14-13-11-7-3-1-5-9(11)10-6-2-4-8-12(10)13;1-6-4-7(2)9(10)8(3)5-6;;1-2;/h3*8-11,17H,1-7H3;1-8,13H;4-5H,10H2,1-3H3;;;/q;;;-1;;+2;;+2. The van der Waals surface area contributed by atoms with Crippen molar-refractivity contribution in [2.45, 2.75) is 206 Å². The van der Waals surface area contributed by atoms with E-state index in [2.05, 4.69) is 201 Å². The molecule has 0 saturated carbocycles. The number of rotatable bonds is 12. The van der Waals surface area contributed by atoms with Crippen molar-refractivity contribution in [3.8, 4) is 11.1 Å². The van der Waals surface area contributed by atoms with Gasteiger partial charge in [0.25, 0.3) is 0 Å². The van der Waals surface area contributed by atoms with Gasteiger partial charge in [-0.05, 0) is 200 Å². The molecule has 0 amide bonds. The number of hydrogen-bond donors (Lipinski definition) is 1. The second-order valence-electron chi connectivity index (χ2n) is 23.1. The van der Waals surface area contributed by atoms with Crippen molar-refractivity contribution in [3.63, 3.8) is 0 Å². The summed E-state index contributed by atoms with van der Waals surface area (Å²) in [6.45, 7) is 53.3. The van der Waals surface area contributed by atoms with E-state index in [9.17, 15) is 5.11 Å². The molecule has 0 unspecified atom stereocenters. The maximum atomic E-state index is 12.0. The Morgan fingerprint density at radius 2 is 0.570 bits per heavy atom. The molecule has 0 atom stereocenters. The third-order valence-electron chi connectivity index (χ3n) is 13.7. The second kappa shape index (κ2) is 36.2. The molecule has 12 heteroatoms. The van der Waals surface area contributed by atoms with E-state index < -0.39 is 30.3 Å². The number of aryl methyl sites for hydroxylation is 12. The van der Waals surface area contributed by atoms with E-state index in [1.54, 1.807) is 0 Å². The zero-order valence-electron chi connectivity index (χ0n) is 52.8. The summed E-state index contributed by atoms with van der Waals surface area (Å²) in [6.07, 6.45) is -0.692. The number of nitrogens with zero attached hydrogens (tertiary/aromatic N) is 5. The summed E-state index contributed by atoms with van der Waals surface area (Å²) >= 11 is 0. The second-order valence-corrected chi connectivity index (χ2v) is 33.3. The van der Waals surface area contributed by atoms with Crippen molar-refractivity contribution in [1.29, 1.82) is 10.8 Å². The molecule has 1 radical (unpaired) electrons. The summed E-state index contributed by atoms with van der Waals surface area (Å²) in [5.74, 6) is 0. The first-order valence-electron chi connectivity index (χ1n) is 27.8. The Morgan fingerprint density at radius 3 is 0.772 bits per heavy atom. The summed E-state index contributed by atoms with van der Waals surface area (Å²) in [7, 11) is -1.99. The summed E-state index contributed by atoms with van der Waals surface area (Å²) in [6, 6.07) is 33.4. The molecular formula is C67H100CoN6OP3Zr+3. The Balaban J connectivity index is 0.000000957. The Bertz CT molecular complexity index is 2490. The molecule has 6 aromatic rings. The Morgan fingerprint density at radius 1 is 0.380 bits per heavy atom.